The second-order valence-electron chi connectivity index (χ2n) is 7.45. The third kappa shape index (κ3) is 4.40. The number of benzene rings is 1. The van der Waals surface area contributed by atoms with E-state index in [1.54, 1.807) is 29.2 Å². The van der Waals surface area contributed by atoms with Gasteiger partial charge in [-0.3, -0.25) is 9.59 Å². The molecule has 3 rings (SSSR count). The van der Waals surface area contributed by atoms with Gasteiger partial charge in [-0.15, -0.1) is 0 Å². The minimum Gasteiger partial charge on any atom is -0.481 e. The van der Waals surface area contributed by atoms with E-state index in [1.165, 1.54) is 11.3 Å². The van der Waals surface area contributed by atoms with Crippen LogP contribution in [0.25, 0.3) is 0 Å². The summed E-state index contributed by atoms with van der Waals surface area (Å²) in [7, 11) is 1.83. The number of carbonyl (C=O) groups is 3. The average molecular weight is 373 g/mol. The predicted octanol–water partition coefficient (Wildman–Crippen LogP) is 3.03. The van der Waals surface area contributed by atoms with Gasteiger partial charge in [0.15, 0.2) is 0 Å². The average Bonchev–Trinajstić information content (AvgIpc) is 3.19. The zero-order chi connectivity index (χ0) is 19.4. The Morgan fingerprint density at radius 2 is 1.81 bits per heavy atom. The molecule has 146 valence electrons. The van der Waals surface area contributed by atoms with Crippen LogP contribution in [-0.4, -0.2) is 59.0 Å². The summed E-state index contributed by atoms with van der Waals surface area (Å²) >= 11 is 0. The first-order valence-electron chi connectivity index (χ1n) is 9.62. The van der Waals surface area contributed by atoms with Crippen molar-refractivity contribution in [2.45, 2.75) is 44.6 Å². The van der Waals surface area contributed by atoms with E-state index in [2.05, 4.69) is 5.32 Å². The Bertz CT molecular complexity index is 715. The van der Waals surface area contributed by atoms with E-state index in [1.807, 2.05) is 7.05 Å². The Morgan fingerprint density at radius 1 is 1.11 bits per heavy atom. The molecule has 1 aromatic carbocycles. The highest BCUT2D eigenvalue weighted by Gasteiger charge is 2.31. The minimum absolute atomic E-state index is 0.0948. The lowest BCUT2D eigenvalue weighted by Gasteiger charge is -2.31. The topological polar surface area (TPSA) is 90.0 Å². The third-order valence-electron chi connectivity index (χ3n) is 5.67. The normalized spacial score (nSPS) is 20.3. The number of carbonyl (C=O) groups excluding carboxylic acids is 2. The SMILES string of the molecule is CN(C(=O)c1ccccc1NC(=O)N1CCC(C(=O)O)C1)C1CCCCC1. The molecule has 7 heteroatoms. The first-order valence-corrected chi connectivity index (χ1v) is 9.62. The molecule has 2 N–H and O–H groups in total. The number of carboxylic acid groups (broad SMARTS) is 1. The summed E-state index contributed by atoms with van der Waals surface area (Å²) in [5, 5.41) is 11.9. The van der Waals surface area contributed by atoms with Gasteiger partial charge in [0.1, 0.15) is 0 Å². The molecule has 1 aliphatic heterocycles. The van der Waals surface area contributed by atoms with E-state index in [0.29, 0.717) is 24.2 Å². The number of nitrogens with one attached hydrogen (secondary N) is 1. The molecular formula is C20H27N3O4. The number of anilines is 1. The van der Waals surface area contributed by atoms with Crippen LogP contribution < -0.4 is 5.32 Å². The second-order valence-corrected chi connectivity index (χ2v) is 7.45. The van der Waals surface area contributed by atoms with Crippen molar-refractivity contribution < 1.29 is 19.5 Å². The molecule has 1 heterocycles. The fraction of sp³-hybridized carbons (Fsp3) is 0.550. The fourth-order valence-electron chi connectivity index (χ4n) is 3.94. The van der Waals surface area contributed by atoms with Crippen molar-refractivity contribution in [2.24, 2.45) is 5.92 Å². The van der Waals surface area contributed by atoms with Crippen molar-refractivity contribution in [3.05, 3.63) is 29.8 Å². The van der Waals surface area contributed by atoms with E-state index in [0.717, 1.165) is 25.7 Å². The molecule has 0 bridgehead atoms. The lowest BCUT2D eigenvalue weighted by molar-refractivity contribution is -0.141. The van der Waals surface area contributed by atoms with Crippen LogP contribution in [0.5, 0.6) is 0 Å². The van der Waals surface area contributed by atoms with Crippen LogP contribution in [0.3, 0.4) is 0 Å². The first kappa shape index (κ1) is 19.2. The molecule has 27 heavy (non-hydrogen) atoms. The Labute approximate surface area is 159 Å². The molecule has 1 saturated carbocycles. The van der Waals surface area contributed by atoms with Crippen molar-refractivity contribution >= 4 is 23.6 Å². The van der Waals surface area contributed by atoms with Gasteiger partial charge in [-0.05, 0) is 31.4 Å². The van der Waals surface area contributed by atoms with Gasteiger partial charge in [-0.25, -0.2) is 4.79 Å². The number of likely N-dealkylation sites (tertiary alicyclic amines) is 1. The molecule has 1 aromatic rings. The van der Waals surface area contributed by atoms with Crippen LogP contribution in [0.1, 0.15) is 48.9 Å². The molecule has 1 atom stereocenters. The van der Waals surface area contributed by atoms with Crippen molar-refractivity contribution in [3.63, 3.8) is 0 Å². The lowest BCUT2D eigenvalue weighted by Crippen LogP contribution is -2.39. The van der Waals surface area contributed by atoms with Gasteiger partial charge < -0.3 is 20.2 Å². The second kappa shape index (κ2) is 8.41. The van der Waals surface area contributed by atoms with E-state index in [9.17, 15) is 14.4 Å². The van der Waals surface area contributed by atoms with Gasteiger partial charge in [-0.2, -0.15) is 0 Å². The molecule has 1 aliphatic carbocycles. The standard InChI is InChI=1S/C20H27N3O4/c1-22(15-7-3-2-4-8-15)18(24)16-9-5-6-10-17(16)21-20(27)23-12-11-14(13-23)19(25)26/h5-6,9-10,14-15H,2-4,7-8,11-13H2,1H3,(H,21,27)(H,25,26). The molecule has 7 nitrogen and oxygen atoms in total. The van der Waals surface area contributed by atoms with Crippen molar-refractivity contribution in [2.75, 3.05) is 25.5 Å². The van der Waals surface area contributed by atoms with Crippen LogP contribution in [0.2, 0.25) is 0 Å². The summed E-state index contributed by atoms with van der Waals surface area (Å²) in [5.74, 6) is -1.50. The van der Waals surface area contributed by atoms with Gasteiger partial charge >= 0.3 is 12.0 Å². The summed E-state index contributed by atoms with van der Waals surface area (Å²) in [4.78, 5) is 39.9. The first-order chi connectivity index (χ1) is 13.0. The maximum atomic E-state index is 13.0. The summed E-state index contributed by atoms with van der Waals surface area (Å²) in [6, 6.07) is 6.88. The number of rotatable bonds is 4. The predicted molar refractivity (Wildman–Crippen MR) is 102 cm³/mol. The van der Waals surface area contributed by atoms with Crippen LogP contribution in [0.4, 0.5) is 10.5 Å². The molecule has 0 spiro atoms. The Morgan fingerprint density at radius 3 is 2.48 bits per heavy atom. The molecule has 3 amide bonds. The lowest BCUT2D eigenvalue weighted by atomic mass is 9.94. The number of hydrogen-bond donors (Lipinski definition) is 2. The number of nitrogens with zero attached hydrogens (tertiary/aromatic N) is 2. The van der Waals surface area contributed by atoms with E-state index >= 15 is 0 Å². The summed E-state index contributed by atoms with van der Waals surface area (Å²) in [6.45, 7) is 0.597. The zero-order valence-electron chi connectivity index (χ0n) is 15.7. The molecule has 0 radical (unpaired) electrons. The largest absolute Gasteiger partial charge is 0.481 e. The molecule has 0 aromatic heterocycles. The number of carboxylic acids is 1. The third-order valence-corrected chi connectivity index (χ3v) is 5.67. The van der Waals surface area contributed by atoms with E-state index in [-0.39, 0.29) is 24.5 Å². The van der Waals surface area contributed by atoms with Gasteiger partial charge in [0.2, 0.25) is 0 Å². The summed E-state index contributed by atoms with van der Waals surface area (Å²) in [5.41, 5.74) is 0.932. The Balaban J connectivity index is 1.69. The molecule has 2 fully saturated rings. The minimum atomic E-state index is -0.880. The maximum Gasteiger partial charge on any atom is 0.321 e. The van der Waals surface area contributed by atoms with Gasteiger partial charge in [0, 0.05) is 26.2 Å². The molecule has 1 unspecified atom stereocenters. The zero-order valence-corrected chi connectivity index (χ0v) is 15.7. The Kier molecular flexibility index (Phi) is 5.98. The number of para-hydroxylation sites is 1. The highest BCUT2D eigenvalue weighted by atomic mass is 16.4. The van der Waals surface area contributed by atoms with Gasteiger partial charge in [-0.1, -0.05) is 31.4 Å². The van der Waals surface area contributed by atoms with Crippen molar-refractivity contribution in [1.29, 1.82) is 0 Å². The maximum absolute atomic E-state index is 13.0. The van der Waals surface area contributed by atoms with Gasteiger partial charge in [0.25, 0.3) is 5.91 Å². The number of amides is 3. The number of hydrogen-bond acceptors (Lipinski definition) is 3. The van der Waals surface area contributed by atoms with Gasteiger partial charge in [0.05, 0.1) is 17.2 Å². The van der Waals surface area contributed by atoms with E-state index < -0.39 is 11.9 Å². The number of urea groups is 1. The molecular weight excluding hydrogens is 346 g/mol. The summed E-state index contributed by atoms with van der Waals surface area (Å²) in [6.07, 6.45) is 5.98. The van der Waals surface area contributed by atoms with Crippen LogP contribution >= 0.6 is 0 Å². The van der Waals surface area contributed by atoms with Crippen molar-refractivity contribution in [3.8, 4) is 0 Å². The van der Waals surface area contributed by atoms with Crippen LogP contribution in [0, 0.1) is 5.92 Å². The molecule has 1 saturated heterocycles. The van der Waals surface area contributed by atoms with Crippen LogP contribution in [-0.2, 0) is 4.79 Å². The number of aliphatic carboxylic acids is 1. The van der Waals surface area contributed by atoms with Crippen molar-refractivity contribution in [1.82, 2.24) is 9.80 Å². The Hall–Kier alpha value is -2.57. The highest BCUT2D eigenvalue weighted by Crippen LogP contribution is 2.25. The molecule has 2 aliphatic rings. The van der Waals surface area contributed by atoms with E-state index in [4.69, 9.17) is 5.11 Å². The fourth-order valence-corrected chi connectivity index (χ4v) is 3.94. The summed E-state index contributed by atoms with van der Waals surface area (Å²) < 4.78 is 0. The monoisotopic (exact) mass is 373 g/mol. The highest BCUT2D eigenvalue weighted by molar-refractivity contribution is 6.03. The van der Waals surface area contributed by atoms with Crippen LogP contribution in [0.15, 0.2) is 24.3 Å². The smallest absolute Gasteiger partial charge is 0.321 e. The quantitative estimate of drug-likeness (QED) is 0.849.